The molecule has 2 rings (SSSR count). The molecule has 0 aliphatic heterocycles. The second-order valence-corrected chi connectivity index (χ2v) is 6.06. The zero-order chi connectivity index (χ0) is 14.0. The Labute approximate surface area is 118 Å². The highest BCUT2D eigenvalue weighted by Crippen LogP contribution is 2.31. The highest BCUT2D eigenvalue weighted by atomic mass is 32.1. The number of hydrogen-bond acceptors (Lipinski definition) is 5. The first-order valence-electron chi connectivity index (χ1n) is 6.81. The molecule has 0 atom stereocenters. The summed E-state index contributed by atoms with van der Waals surface area (Å²) in [5.41, 5.74) is 7.31. The summed E-state index contributed by atoms with van der Waals surface area (Å²) in [6, 6.07) is 0. The quantitative estimate of drug-likeness (QED) is 0.913. The van der Waals surface area contributed by atoms with Gasteiger partial charge in [-0.3, -0.25) is 4.90 Å². The van der Waals surface area contributed by atoms with Crippen molar-refractivity contribution in [3.8, 4) is 0 Å². The Morgan fingerprint density at radius 2 is 1.95 bits per heavy atom. The summed E-state index contributed by atoms with van der Waals surface area (Å²) in [5.74, 6) is 1.45. The third-order valence-corrected chi connectivity index (χ3v) is 4.56. The van der Waals surface area contributed by atoms with E-state index in [1.165, 1.54) is 10.4 Å². The number of rotatable bonds is 5. The van der Waals surface area contributed by atoms with E-state index < -0.39 is 0 Å². The Morgan fingerprint density at radius 3 is 2.58 bits per heavy atom. The molecule has 2 heterocycles. The Kier molecular flexibility index (Phi) is 4.37. The zero-order valence-electron chi connectivity index (χ0n) is 12.2. The lowest BCUT2D eigenvalue weighted by molar-refractivity contribution is 0.274. The lowest BCUT2D eigenvalue weighted by Gasteiger charge is -2.18. The Bertz CT molecular complexity index is 576. The van der Waals surface area contributed by atoms with E-state index in [2.05, 4.69) is 42.6 Å². The van der Waals surface area contributed by atoms with Crippen molar-refractivity contribution in [1.82, 2.24) is 14.9 Å². The van der Waals surface area contributed by atoms with Crippen LogP contribution in [0, 0.1) is 13.8 Å². The molecular weight excluding hydrogens is 256 g/mol. The van der Waals surface area contributed by atoms with Crippen LogP contribution in [-0.4, -0.2) is 28.0 Å². The molecule has 0 saturated heterocycles. The number of nitrogens with two attached hydrogens (primary N) is 1. The molecular formula is C14H22N4S. The first kappa shape index (κ1) is 14.2. The second-order valence-electron chi connectivity index (χ2n) is 4.86. The summed E-state index contributed by atoms with van der Waals surface area (Å²) in [6.45, 7) is 11.4. The fourth-order valence-electron chi connectivity index (χ4n) is 2.26. The minimum absolute atomic E-state index is 0.620. The van der Waals surface area contributed by atoms with Crippen LogP contribution in [0.25, 0.3) is 10.2 Å². The molecule has 0 radical (unpaired) electrons. The van der Waals surface area contributed by atoms with E-state index in [-0.39, 0.29) is 0 Å². The minimum Gasteiger partial charge on any atom is -0.383 e. The van der Waals surface area contributed by atoms with Crippen LogP contribution >= 0.6 is 11.3 Å². The third-order valence-electron chi connectivity index (χ3n) is 3.46. The molecule has 0 saturated carbocycles. The number of aryl methyl sites for hydroxylation is 2. The molecule has 2 aromatic heterocycles. The average Bonchev–Trinajstić information content (AvgIpc) is 2.64. The number of nitrogens with zero attached hydrogens (tertiary/aromatic N) is 3. The Balaban J connectivity index is 2.35. The van der Waals surface area contributed by atoms with Gasteiger partial charge in [-0.05, 0) is 38.9 Å². The molecule has 104 valence electrons. The van der Waals surface area contributed by atoms with Crippen LogP contribution in [0.15, 0.2) is 0 Å². The molecule has 0 aliphatic rings. The Hall–Kier alpha value is -1.20. The fourth-order valence-corrected chi connectivity index (χ4v) is 3.32. The van der Waals surface area contributed by atoms with Gasteiger partial charge in [0.25, 0.3) is 0 Å². The normalized spacial score (nSPS) is 11.6. The van der Waals surface area contributed by atoms with Gasteiger partial charge in [-0.25, -0.2) is 9.97 Å². The number of nitrogen functional groups attached to an aromatic ring is 1. The fraction of sp³-hybridized carbons (Fsp3) is 0.571. The highest BCUT2D eigenvalue weighted by molar-refractivity contribution is 7.18. The van der Waals surface area contributed by atoms with Crippen molar-refractivity contribution in [1.29, 1.82) is 0 Å². The van der Waals surface area contributed by atoms with Crippen molar-refractivity contribution in [3.63, 3.8) is 0 Å². The molecule has 0 spiro atoms. The standard InChI is InChI=1S/C14H22N4S/c1-5-7-18(6-2)8-11-16-13(15)12-9(3)10(4)19-14(12)17-11/h5-8H2,1-4H3,(H2,15,16,17). The van der Waals surface area contributed by atoms with Gasteiger partial charge in [-0.15, -0.1) is 11.3 Å². The predicted molar refractivity (Wildman–Crippen MR) is 82.5 cm³/mol. The number of fused-ring (bicyclic) bond motifs is 1. The molecule has 0 unspecified atom stereocenters. The molecule has 0 amide bonds. The molecule has 2 aromatic rings. The van der Waals surface area contributed by atoms with Crippen LogP contribution in [0.5, 0.6) is 0 Å². The molecule has 19 heavy (non-hydrogen) atoms. The lowest BCUT2D eigenvalue weighted by Crippen LogP contribution is -2.24. The zero-order valence-corrected chi connectivity index (χ0v) is 13.0. The van der Waals surface area contributed by atoms with Crippen molar-refractivity contribution in [2.75, 3.05) is 18.8 Å². The van der Waals surface area contributed by atoms with Gasteiger partial charge >= 0.3 is 0 Å². The summed E-state index contributed by atoms with van der Waals surface area (Å²) in [7, 11) is 0. The summed E-state index contributed by atoms with van der Waals surface area (Å²) in [6.07, 6.45) is 1.14. The summed E-state index contributed by atoms with van der Waals surface area (Å²) in [5, 5.41) is 1.03. The second kappa shape index (κ2) is 5.84. The topological polar surface area (TPSA) is 55.0 Å². The number of aromatic nitrogens is 2. The SMILES string of the molecule is CCCN(CC)Cc1nc(N)c2c(C)c(C)sc2n1. The van der Waals surface area contributed by atoms with Crippen LogP contribution in [0.3, 0.4) is 0 Å². The first-order chi connectivity index (χ1) is 9.06. The number of hydrogen-bond donors (Lipinski definition) is 1. The van der Waals surface area contributed by atoms with E-state index in [1.54, 1.807) is 11.3 Å². The van der Waals surface area contributed by atoms with Gasteiger partial charge in [-0.1, -0.05) is 13.8 Å². The van der Waals surface area contributed by atoms with E-state index >= 15 is 0 Å². The molecule has 0 bridgehead atoms. The number of anilines is 1. The van der Waals surface area contributed by atoms with Crippen LogP contribution in [-0.2, 0) is 6.54 Å². The van der Waals surface area contributed by atoms with E-state index in [9.17, 15) is 0 Å². The van der Waals surface area contributed by atoms with E-state index in [0.29, 0.717) is 5.82 Å². The molecule has 0 aliphatic carbocycles. The molecule has 2 N–H and O–H groups in total. The van der Waals surface area contributed by atoms with E-state index in [4.69, 9.17) is 5.73 Å². The molecule has 0 aromatic carbocycles. The maximum Gasteiger partial charge on any atom is 0.146 e. The van der Waals surface area contributed by atoms with Crippen molar-refractivity contribution in [3.05, 3.63) is 16.3 Å². The van der Waals surface area contributed by atoms with Crippen molar-refractivity contribution in [2.24, 2.45) is 0 Å². The summed E-state index contributed by atoms with van der Waals surface area (Å²) >= 11 is 1.71. The monoisotopic (exact) mass is 278 g/mol. The van der Waals surface area contributed by atoms with Crippen LogP contribution in [0.2, 0.25) is 0 Å². The first-order valence-corrected chi connectivity index (χ1v) is 7.62. The van der Waals surface area contributed by atoms with Crippen LogP contribution in [0.1, 0.15) is 36.5 Å². The maximum absolute atomic E-state index is 6.10. The number of thiophene rings is 1. The van der Waals surface area contributed by atoms with E-state index in [0.717, 1.165) is 42.1 Å². The van der Waals surface area contributed by atoms with Gasteiger partial charge in [0, 0.05) is 4.88 Å². The molecule has 0 fully saturated rings. The average molecular weight is 278 g/mol. The van der Waals surface area contributed by atoms with Gasteiger partial charge in [0.1, 0.15) is 16.5 Å². The lowest BCUT2D eigenvalue weighted by atomic mass is 10.2. The van der Waals surface area contributed by atoms with Crippen molar-refractivity contribution >= 4 is 27.4 Å². The van der Waals surface area contributed by atoms with Crippen molar-refractivity contribution in [2.45, 2.75) is 40.7 Å². The van der Waals surface area contributed by atoms with Gasteiger partial charge in [0.2, 0.25) is 0 Å². The minimum atomic E-state index is 0.620. The summed E-state index contributed by atoms with van der Waals surface area (Å²) in [4.78, 5) is 13.8. The third kappa shape index (κ3) is 2.87. The highest BCUT2D eigenvalue weighted by Gasteiger charge is 2.13. The summed E-state index contributed by atoms with van der Waals surface area (Å²) < 4.78 is 0. The largest absolute Gasteiger partial charge is 0.383 e. The van der Waals surface area contributed by atoms with E-state index in [1.807, 2.05) is 0 Å². The van der Waals surface area contributed by atoms with Crippen LogP contribution in [0.4, 0.5) is 5.82 Å². The smallest absolute Gasteiger partial charge is 0.146 e. The Morgan fingerprint density at radius 1 is 1.21 bits per heavy atom. The van der Waals surface area contributed by atoms with Gasteiger partial charge in [0.15, 0.2) is 0 Å². The molecule has 4 nitrogen and oxygen atoms in total. The predicted octanol–water partition coefficient (Wildman–Crippen LogP) is 3.12. The van der Waals surface area contributed by atoms with Crippen LogP contribution < -0.4 is 5.73 Å². The molecule has 5 heteroatoms. The maximum atomic E-state index is 6.10. The van der Waals surface area contributed by atoms with Gasteiger partial charge in [-0.2, -0.15) is 0 Å². The van der Waals surface area contributed by atoms with Crippen molar-refractivity contribution < 1.29 is 0 Å². The van der Waals surface area contributed by atoms with Gasteiger partial charge < -0.3 is 5.73 Å². The van der Waals surface area contributed by atoms with Gasteiger partial charge in [0.05, 0.1) is 11.9 Å².